The number of amides is 2. The average molecular weight is 328 g/mol. The first-order valence-electron chi connectivity index (χ1n) is 6.65. The number of carboxylic acid groups (broad SMARTS) is 1. The molecule has 5 nitrogen and oxygen atoms in total. The molecule has 1 saturated heterocycles. The minimum atomic E-state index is -4.37. The number of carbonyl (C=O) groups excluding carboxylic acids is 1. The maximum absolute atomic E-state index is 12.3. The molecule has 1 heterocycles. The van der Waals surface area contributed by atoms with Crippen molar-refractivity contribution in [1.29, 1.82) is 0 Å². The molecule has 1 rings (SSSR count). The third kappa shape index (κ3) is 5.29. The lowest BCUT2D eigenvalue weighted by molar-refractivity contribution is -0.142. The highest BCUT2D eigenvalue weighted by molar-refractivity contribution is 8.00. The van der Waals surface area contributed by atoms with Crippen molar-refractivity contribution >= 4 is 23.8 Å². The first kappa shape index (κ1) is 17.9. The molecule has 0 aromatic rings. The topological polar surface area (TPSA) is 69.6 Å². The van der Waals surface area contributed by atoms with Crippen LogP contribution in [0.25, 0.3) is 0 Å². The van der Waals surface area contributed by atoms with Gasteiger partial charge in [-0.05, 0) is 13.3 Å². The highest BCUT2D eigenvalue weighted by atomic mass is 32.2. The number of nitrogens with one attached hydrogen (secondary N) is 1. The van der Waals surface area contributed by atoms with Crippen molar-refractivity contribution in [2.45, 2.75) is 56.7 Å². The molecule has 1 fully saturated rings. The van der Waals surface area contributed by atoms with Crippen LogP contribution in [0.5, 0.6) is 0 Å². The normalized spacial score (nSPS) is 24.0. The quantitative estimate of drug-likeness (QED) is 0.814. The third-order valence-corrected chi connectivity index (χ3v) is 4.41. The van der Waals surface area contributed by atoms with Gasteiger partial charge in [0.1, 0.15) is 6.04 Å². The number of rotatable bonds is 5. The number of carboxylic acids is 1. The van der Waals surface area contributed by atoms with Gasteiger partial charge >= 0.3 is 18.2 Å². The summed E-state index contributed by atoms with van der Waals surface area (Å²) < 4.78 is 36.8. The van der Waals surface area contributed by atoms with E-state index in [-0.39, 0.29) is 11.1 Å². The van der Waals surface area contributed by atoms with Crippen LogP contribution >= 0.6 is 11.8 Å². The fourth-order valence-electron chi connectivity index (χ4n) is 2.18. The van der Waals surface area contributed by atoms with Gasteiger partial charge < -0.3 is 10.4 Å². The molecule has 21 heavy (non-hydrogen) atoms. The van der Waals surface area contributed by atoms with Crippen LogP contribution in [0.4, 0.5) is 18.0 Å². The van der Waals surface area contributed by atoms with Crippen LogP contribution in [0.2, 0.25) is 0 Å². The van der Waals surface area contributed by atoms with Gasteiger partial charge in [0.05, 0.1) is 11.8 Å². The van der Waals surface area contributed by atoms with Gasteiger partial charge in [0, 0.05) is 11.8 Å². The van der Waals surface area contributed by atoms with E-state index in [1.807, 2.05) is 6.92 Å². The molecular formula is C12H19F3N2O3S. The zero-order valence-corrected chi connectivity index (χ0v) is 12.6. The summed E-state index contributed by atoms with van der Waals surface area (Å²) in [5.74, 6) is -0.888. The van der Waals surface area contributed by atoms with Crippen molar-refractivity contribution in [3.05, 3.63) is 0 Å². The summed E-state index contributed by atoms with van der Waals surface area (Å²) in [6, 6.07) is -2.84. The summed E-state index contributed by atoms with van der Waals surface area (Å²) in [6.07, 6.45) is -4.15. The smallest absolute Gasteiger partial charge is 0.391 e. The molecule has 3 atom stereocenters. The van der Waals surface area contributed by atoms with E-state index in [0.29, 0.717) is 6.42 Å². The van der Waals surface area contributed by atoms with E-state index in [4.69, 9.17) is 5.11 Å². The van der Waals surface area contributed by atoms with Crippen molar-refractivity contribution in [2.75, 3.05) is 5.75 Å². The van der Waals surface area contributed by atoms with Gasteiger partial charge in [0.15, 0.2) is 0 Å². The van der Waals surface area contributed by atoms with Crippen molar-refractivity contribution in [3.63, 3.8) is 0 Å². The molecule has 9 heteroatoms. The van der Waals surface area contributed by atoms with E-state index in [2.05, 4.69) is 5.32 Å². The van der Waals surface area contributed by atoms with E-state index in [9.17, 15) is 22.8 Å². The van der Waals surface area contributed by atoms with E-state index < -0.39 is 36.7 Å². The molecule has 0 aromatic carbocycles. The van der Waals surface area contributed by atoms with Crippen molar-refractivity contribution in [2.24, 2.45) is 0 Å². The van der Waals surface area contributed by atoms with Gasteiger partial charge in [-0.3, -0.25) is 4.90 Å². The highest BCUT2D eigenvalue weighted by Gasteiger charge is 2.42. The highest BCUT2D eigenvalue weighted by Crippen LogP contribution is 2.32. The number of nitrogens with zero attached hydrogens (tertiary/aromatic N) is 1. The Kier molecular flexibility index (Phi) is 6.18. The molecule has 2 amide bonds. The number of thioether (sulfide) groups is 1. The van der Waals surface area contributed by atoms with Crippen LogP contribution in [0, 0.1) is 0 Å². The molecule has 0 aromatic heterocycles. The molecule has 3 unspecified atom stereocenters. The molecule has 0 spiro atoms. The molecule has 0 radical (unpaired) electrons. The van der Waals surface area contributed by atoms with E-state index in [1.54, 1.807) is 0 Å². The Hall–Kier alpha value is -1.12. The summed E-state index contributed by atoms with van der Waals surface area (Å²) in [7, 11) is 0. The van der Waals surface area contributed by atoms with Gasteiger partial charge in [-0.1, -0.05) is 13.3 Å². The molecule has 0 bridgehead atoms. The molecule has 2 N–H and O–H groups in total. The maximum atomic E-state index is 12.3. The predicted molar refractivity (Wildman–Crippen MR) is 73.1 cm³/mol. The lowest BCUT2D eigenvalue weighted by atomic mass is 10.2. The largest absolute Gasteiger partial charge is 0.480 e. The van der Waals surface area contributed by atoms with Gasteiger partial charge in [0.2, 0.25) is 0 Å². The number of carbonyl (C=O) groups is 2. The standard InChI is InChI=1S/C12H19F3N2O3S/c1-3-4-9-17(8(6-21-9)10(18)19)11(20)16-7(2)5-12(13,14)15/h7-9H,3-6H2,1-2H3,(H,16,20)(H,18,19). The first-order valence-corrected chi connectivity index (χ1v) is 7.70. The number of hydrogen-bond donors (Lipinski definition) is 2. The van der Waals surface area contributed by atoms with Gasteiger partial charge in [-0.25, -0.2) is 9.59 Å². The van der Waals surface area contributed by atoms with Crippen LogP contribution in [0.1, 0.15) is 33.1 Å². The molecular weight excluding hydrogens is 309 g/mol. The molecule has 0 aliphatic carbocycles. The summed E-state index contributed by atoms with van der Waals surface area (Å²) in [4.78, 5) is 24.4. The third-order valence-electron chi connectivity index (χ3n) is 3.06. The van der Waals surface area contributed by atoms with Crippen LogP contribution in [-0.2, 0) is 4.79 Å². The number of hydrogen-bond acceptors (Lipinski definition) is 3. The van der Waals surface area contributed by atoms with Crippen LogP contribution in [0.15, 0.2) is 0 Å². The number of urea groups is 1. The second kappa shape index (κ2) is 7.24. The lowest BCUT2D eigenvalue weighted by Gasteiger charge is -2.29. The van der Waals surface area contributed by atoms with E-state index in [0.717, 1.165) is 11.3 Å². The molecule has 1 aliphatic rings. The van der Waals surface area contributed by atoms with Crippen molar-refractivity contribution < 1.29 is 27.9 Å². The fourth-order valence-corrected chi connectivity index (χ4v) is 3.69. The molecule has 0 saturated carbocycles. The average Bonchev–Trinajstić information content (AvgIpc) is 2.70. The fraction of sp³-hybridized carbons (Fsp3) is 0.833. The van der Waals surface area contributed by atoms with Gasteiger partial charge in [-0.2, -0.15) is 13.2 Å². The van der Waals surface area contributed by atoms with Crippen molar-refractivity contribution in [1.82, 2.24) is 10.2 Å². The van der Waals surface area contributed by atoms with Crippen molar-refractivity contribution in [3.8, 4) is 0 Å². The summed E-state index contributed by atoms with van der Waals surface area (Å²) >= 11 is 1.34. The lowest BCUT2D eigenvalue weighted by Crippen LogP contribution is -2.52. The maximum Gasteiger partial charge on any atom is 0.391 e. The number of halogens is 3. The predicted octanol–water partition coefficient (Wildman–Crippen LogP) is 2.67. The van der Waals surface area contributed by atoms with E-state index >= 15 is 0 Å². The Morgan fingerprint density at radius 1 is 1.48 bits per heavy atom. The van der Waals surface area contributed by atoms with Crippen LogP contribution < -0.4 is 5.32 Å². The minimum absolute atomic E-state index is 0.251. The second-order valence-corrected chi connectivity index (χ2v) is 6.22. The zero-order chi connectivity index (χ0) is 16.2. The number of aliphatic carboxylic acids is 1. The second-order valence-electron chi connectivity index (χ2n) is 5.01. The summed E-state index contributed by atoms with van der Waals surface area (Å²) in [5, 5.41) is 11.1. The van der Waals surface area contributed by atoms with Crippen LogP contribution in [0.3, 0.4) is 0 Å². The van der Waals surface area contributed by atoms with Crippen LogP contribution in [-0.4, -0.2) is 51.4 Å². The Labute approximate surface area is 125 Å². The van der Waals surface area contributed by atoms with Gasteiger partial charge in [-0.15, -0.1) is 11.8 Å². The molecule has 122 valence electrons. The minimum Gasteiger partial charge on any atom is -0.480 e. The monoisotopic (exact) mass is 328 g/mol. The summed E-state index contributed by atoms with van der Waals surface area (Å²) in [6.45, 7) is 3.15. The zero-order valence-electron chi connectivity index (χ0n) is 11.8. The van der Waals surface area contributed by atoms with E-state index in [1.165, 1.54) is 18.7 Å². The molecule has 1 aliphatic heterocycles. The number of alkyl halides is 3. The first-order chi connectivity index (χ1) is 9.65. The Bertz CT molecular complexity index is 392. The Morgan fingerprint density at radius 2 is 2.10 bits per heavy atom. The van der Waals surface area contributed by atoms with Gasteiger partial charge in [0.25, 0.3) is 0 Å². The Morgan fingerprint density at radius 3 is 2.57 bits per heavy atom. The SMILES string of the molecule is CCCC1SCC(C(=O)O)N1C(=O)NC(C)CC(F)(F)F. The summed E-state index contributed by atoms with van der Waals surface area (Å²) in [5.41, 5.74) is 0. The Balaban J connectivity index is 2.73.